The van der Waals surface area contributed by atoms with Crippen LogP contribution in [0.4, 0.5) is 23.2 Å². The minimum Gasteiger partial charge on any atom is -0.481 e. The standard InChI is InChI=1S/C33H39F4N3O4/c1-44-19-24-17-40(31(43)32(34)10-13-39(20-32)26-14-22-4-2-3-5-23(22)15-26)18-28(24)27-7-6-25(33(35,36)37)16-29(27)38-11-8-21(9-12-38)30(41)42/h2-7,16,21,24,26,28H,8-15,17-20H2,1H3,(H,41,42)/t24-,28+,32-/m1/s1. The molecule has 2 aromatic carbocycles. The fourth-order valence-electron chi connectivity index (χ4n) is 7.81. The molecule has 1 amide bonds. The molecule has 3 fully saturated rings. The smallest absolute Gasteiger partial charge is 0.416 e. The second kappa shape index (κ2) is 12.0. The number of hydrogen-bond donors (Lipinski definition) is 1. The molecule has 0 unspecified atom stereocenters. The van der Waals surface area contributed by atoms with Gasteiger partial charge in [0.05, 0.1) is 18.1 Å². The molecule has 0 bridgehead atoms. The summed E-state index contributed by atoms with van der Waals surface area (Å²) < 4.78 is 63.3. The normalized spacial score (nSPS) is 26.8. The lowest BCUT2D eigenvalue weighted by atomic mass is 9.86. The molecule has 2 aromatic rings. The van der Waals surface area contributed by atoms with Gasteiger partial charge in [0.2, 0.25) is 5.67 Å². The summed E-state index contributed by atoms with van der Waals surface area (Å²) in [6.07, 6.45) is -2.11. The van der Waals surface area contributed by atoms with Crippen molar-refractivity contribution < 1.29 is 37.0 Å². The average Bonchev–Trinajstić information content (AvgIpc) is 3.73. The van der Waals surface area contributed by atoms with E-state index in [0.717, 1.165) is 25.0 Å². The summed E-state index contributed by atoms with van der Waals surface area (Å²) in [6.45, 7) is 1.84. The van der Waals surface area contributed by atoms with Crippen molar-refractivity contribution in [3.63, 3.8) is 0 Å². The highest BCUT2D eigenvalue weighted by molar-refractivity contribution is 5.86. The van der Waals surface area contributed by atoms with E-state index in [1.807, 2.05) is 17.0 Å². The van der Waals surface area contributed by atoms with Crippen LogP contribution in [0.5, 0.6) is 0 Å². The highest BCUT2D eigenvalue weighted by atomic mass is 19.4. The molecular weight excluding hydrogens is 578 g/mol. The van der Waals surface area contributed by atoms with Gasteiger partial charge in [0, 0.05) is 76.4 Å². The Morgan fingerprint density at radius 3 is 2.32 bits per heavy atom. The maximum Gasteiger partial charge on any atom is 0.416 e. The van der Waals surface area contributed by atoms with Crippen LogP contribution >= 0.6 is 0 Å². The number of carbonyl (C=O) groups is 2. The molecular formula is C33H39F4N3O4. The molecule has 0 spiro atoms. The van der Waals surface area contributed by atoms with E-state index in [9.17, 15) is 27.9 Å². The van der Waals surface area contributed by atoms with Crippen LogP contribution in [0.2, 0.25) is 0 Å². The number of carbonyl (C=O) groups excluding carboxylic acids is 1. The van der Waals surface area contributed by atoms with E-state index < -0.39 is 35.2 Å². The van der Waals surface area contributed by atoms with Gasteiger partial charge in [-0.15, -0.1) is 0 Å². The van der Waals surface area contributed by atoms with E-state index in [0.29, 0.717) is 43.7 Å². The first-order valence-corrected chi connectivity index (χ1v) is 15.4. The average molecular weight is 618 g/mol. The van der Waals surface area contributed by atoms with E-state index in [1.54, 1.807) is 4.90 Å². The molecule has 1 aliphatic carbocycles. The van der Waals surface area contributed by atoms with Crippen LogP contribution in [-0.4, -0.2) is 91.5 Å². The van der Waals surface area contributed by atoms with Crippen molar-refractivity contribution in [2.24, 2.45) is 11.8 Å². The van der Waals surface area contributed by atoms with Crippen LogP contribution in [0.3, 0.4) is 0 Å². The lowest BCUT2D eigenvalue weighted by molar-refractivity contribution is -0.143. The number of alkyl halides is 4. The molecule has 11 heteroatoms. The van der Waals surface area contributed by atoms with Gasteiger partial charge >= 0.3 is 12.1 Å². The third kappa shape index (κ3) is 5.92. The fraction of sp³-hybridized carbons (Fsp3) is 0.576. The predicted octanol–water partition coefficient (Wildman–Crippen LogP) is 4.78. The summed E-state index contributed by atoms with van der Waals surface area (Å²) in [7, 11) is 1.54. The van der Waals surface area contributed by atoms with Crippen molar-refractivity contribution in [2.75, 3.05) is 57.9 Å². The number of halogens is 4. The summed E-state index contributed by atoms with van der Waals surface area (Å²) >= 11 is 0. The first-order chi connectivity index (χ1) is 21.0. The number of nitrogens with zero attached hydrogens (tertiary/aromatic N) is 3. The number of methoxy groups -OCH3 is 1. The Hall–Kier alpha value is -3.18. The zero-order valence-corrected chi connectivity index (χ0v) is 24.9. The van der Waals surface area contributed by atoms with Gasteiger partial charge in [-0.25, -0.2) is 4.39 Å². The van der Waals surface area contributed by atoms with Gasteiger partial charge in [-0.05, 0) is 54.5 Å². The molecule has 1 N–H and O–H groups in total. The SMILES string of the molecule is COC[C@H]1CN(C(=O)[C@@]2(F)CCN(C3Cc4ccccc4C3)C2)C[C@@H]1c1ccc(C(F)(F)F)cc1N1CCC(C(=O)O)CC1. The van der Waals surface area contributed by atoms with Gasteiger partial charge in [-0.2, -0.15) is 13.2 Å². The monoisotopic (exact) mass is 617 g/mol. The number of fused-ring (bicyclic) bond motifs is 1. The first kappa shape index (κ1) is 30.8. The molecule has 0 aromatic heterocycles. The van der Waals surface area contributed by atoms with Crippen LogP contribution < -0.4 is 4.90 Å². The summed E-state index contributed by atoms with van der Waals surface area (Å²) in [5.41, 5.74) is 0.770. The molecule has 44 heavy (non-hydrogen) atoms. The molecule has 3 atom stereocenters. The minimum atomic E-state index is -4.55. The molecule has 4 aliphatic rings. The maximum atomic E-state index is 16.4. The van der Waals surface area contributed by atoms with Crippen LogP contribution in [0.15, 0.2) is 42.5 Å². The molecule has 0 saturated carbocycles. The summed E-state index contributed by atoms with van der Waals surface area (Å²) in [5, 5.41) is 9.43. The quantitative estimate of drug-likeness (QED) is 0.452. The molecule has 7 nitrogen and oxygen atoms in total. The van der Waals surface area contributed by atoms with Crippen LogP contribution in [0, 0.1) is 11.8 Å². The third-order valence-electron chi connectivity index (χ3n) is 10.2. The molecule has 0 radical (unpaired) electrons. The Morgan fingerprint density at radius 2 is 1.70 bits per heavy atom. The predicted molar refractivity (Wildman–Crippen MR) is 156 cm³/mol. The van der Waals surface area contributed by atoms with Crippen molar-refractivity contribution in [3.8, 4) is 0 Å². The van der Waals surface area contributed by atoms with E-state index in [2.05, 4.69) is 17.0 Å². The molecule has 3 saturated heterocycles. The number of amides is 1. The van der Waals surface area contributed by atoms with Crippen molar-refractivity contribution in [3.05, 3.63) is 64.7 Å². The van der Waals surface area contributed by atoms with Gasteiger partial charge in [0.15, 0.2) is 0 Å². The summed E-state index contributed by atoms with van der Waals surface area (Å²) in [4.78, 5) is 30.8. The van der Waals surface area contributed by atoms with E-state index in [-0.39, 0.29) is 50.5 Å². The largest absolute Gasteiger partial charge is 0.481 e. The zero-order chi connectivity index (χ0) is 31.2. The van der Waals surface area contributed by atoms with Crippen molar-refractivity contribution in [2.45, 2.75) is 55.9 Å². The van der Waals surface area contributed by atoms with Crippen LogP contribution in [0.1, 0.15) is 47.4 Å². The lowest BCUT2D eigenvalue weighted by Gasteiger charge is -2.35. The highest BCUT2D eigenvalue weighted by Gasteiger charge is 2.51. The van der Waals surface area contributed by atoms with Gasteiger partial charge in [-0.3, -0.25) is 14.5 Å². The van der Waals surface area contributed by atoms with Gasteiger partial charge in [0.1, 0.15) is 0 Å². The number of ether oxygens (including phenoxy) is 1. The number of carboxylic acids is 1. The highest BCUT2D eigenvalue weighted by Crippen LogP contribution is 2.43. The van der Waals surface area contributed by atoms with E-state index in [4.69, 9.17) is 4.74 Å². The Morgan fingerprint density at radius 1 is 1.02 bits per heavy atom. The third-order valence-corrected chi connectivity index (χ3v) is 10.2. The molecule has 3 heterocycles. The number of piperidine rings is 1. The minimum absolute atomic E-state index is 0.0324. The van der Waals surface area contributed by atoms with Gasteiger partial charge in [-0.1, -0.05) is 30.3 Å². The second-order valence-corrected chi connectivity index (χ2v) is 12.9. The lowest BCUT2D eigenvalue weighted by Crippen LogP contribution is -2.48. The Bertz CT molecular complexity index is 1370. The van der Waals surface area contributed by atoms with Crippen LogP contribution in [0.25, 0.3) is 0 Å². The number of hydrogen-bond acceptors (Lipinski definition) is 5. The number of aliphatic carboxylic acids is 1. The molecule has 6 rings (SSSR count). The van der Waals surface area contributed by atoms with Gasteiger partial charge in [0.25, 0.3) is 5.91 Å². The topological polar surface area (TPSA) is 73.3 Å². The molecule has 3 aliphatic heterocycles. The molecule has 238 valence electrons. The zero-order valence-electron chi connectivity index (χ0n) is 24.9. The second-order valence-electron chi connectivity index (χ2n) is 12.9. The van der Waals surface area contributed by atoms with Crippen molar-refractivity contribution >= 4 is 17.6 Å². The van der Waals surface area contributed by atoms with Crippen LogP contribution in [-0.2, 0) is 33.3 Å². The Labute approximate surface area is 254 Å². The van der Waals surface area contributed by atoms with E-state index >= 15 is 4.39 Å². The number of benzene rings is 2. The number of carboxylic acid groups (broad SMARTS) is 1. The van der Waals surface area contributed by atoms with Crippen molar-refractivity contribution in [1.82, 2.24) is 9.80 Å². The Kier molecular flexibility index (Phi) is 8.38. The van der Waals surface area contributed by atoms with E-state index in [1.165, 1.54) is 24.3 Å². The van der Waals surface area contributed by atoms with Crippen molar-refractivity contribution in [1.29, 1.82) is 0 Å². The summed E-state index contributed by atoms with van der Waals surface area (Å²) in [5.74, 6) is -2.59. The number of likely N-dealkylation sites (tertiary alicyclic amines) is 2. The Balaban J connectivity index is 1.22. The summed E-state index contributed by atoms with van der Waals surface area (Å²) in [6, 6.07) is 12.0. The number of anilines is 1. The number of rotatable bonds is 7. The van der Waals surface area contributed by atoms with Gasteiger partial charge < -0.3 is 19.6 Å². The first-order valence-electron chi connectivity index (χ1n) is 15.4. The maximum absolute atomic E-state index is 16.4. The fourth-order valence-corrected chi connectivity index (χ4v) is 7.81.